The topological polar surface area (TPSA) is 106 Å². The molecule has 1 unspecified atom stereocenters. The van der Waals surface area contributed by atoms with Crippen LogP contribution in [0.2, 0.25) is 0 Å². The monoisotopic (exact) mass is 392 g/mol. The maximum absolute atomic E-state index is 12.0. The van der Waals surface area contributed by atoms with Gasteiger partial charge in [0, 0.05) is 6.07 Å². The van der Waals surface area contributed by atoms with E-state index >= 15 is 0 Å². The number of carbonyl (C=O) groups excluding carboxylic acids is 1. The van der Waals surface area contributed by atoms with Crippen molar-refractivity contribution in [1.29, 1.82) is 0 Å². The number of hydrazine groups is 1. The Kier molecular flexibility index (Phi) is 5.07. The van der Waals surface area contributed by atoms with Gasteiger partial charge < -0.3 is 10.1 Å². The first kappa shape index (κ1) is 18.5. The van der Waals surface area contributed by atoms with Gasteiger partial charge in [-0.15, -0.1) is 23.2 Å². The third kappa shape index (κ3) is 3.63. The largest absolute Gasteiger partial charge is 0.494 e. The number of hydrogen-bond acceptors (Lipinski definition) is 5. The Morgan fingerprint density at radius 3 is 2.54 bits per heavy atom. The van der Waals surface area contributed by atoms with E-state index in [1.54, 1.807) is 6.92 Å². The number of hydrogen-bond donors (Lipinski definition) is 3. The molecule has 0 radical (unpaired) electrons. The smallest absolute Gasteiger partial charge is 0.273 e. The van der Waals surface area contributed by atoms with E-state index in [4.69, 9.17) is 40.2 Å². The van der Waals surface area contributed by atoms with Crippen LogP contribution >= 0.6 is 35.4 Å². The first-order chi connectivity index (χ1) is 11.1. The highest BCUT2D eigenvalue weighted by Crippen LogP contribution is 2.63. The molecule has 1 saturated carbocycles. The summed E-state index contributed by atoms with van der Waals surface area (Å²) in [5.74, 6) is -0.165. The van der Waals surface area contributed by atoms with Gasteiger partial charge in [-0.1, -0.05) is 0 Å². The molecule has 1 aliphatic rings. The molecule has 0 aliphatic heterocycles. The van der Waals surface area contributed by atoms with Crippen molar-refractivity contribution in [2.75, 3.05) is 12.4 Å². The van der Waals surface area contributed by atoms with Gasteiger partial charge in [0.1, 0.15) is 10.1 Å². The molecule has 8 nitrogen and oxygen atoms in total. The number of thiocarbonyl (C=S) groups is 1. The van der Waals surface area contributed by atoms with E-state index in [0.717, 1.165) is 0 Å². The molecule has 1 aromatic carbocycles. The number of methoxy groups -OCH3 is 1. The Morgan fingerprint density at radius 1 is 1.42 bits per heavy atom. The predicted molar refractivity (Wildman–Crippen MR) is 94.3 cm³/mol. The standard InChI is InChI=1S/C13H14Cl2N4O4S/c1-12(6-13(12,14)15)10(20)17-18-11(24)16-8-4-3-7(19(21)22)5-9(8)23-2/h3-5H,6H2,1-2H3,(H,17,20)(H2,16,18,24). The lowest BCUT2D eigenvalue weighted by Crippen LogP contribution is -2.47. The van der Waals surface area contributed by atoms with E-state index < -0.39 is 20.6 Å². The lowest BCUT2D eigenvalue weighted by molar-refractivity contribution is -0.384. The lowest BCUT2D eigenvalue weighted by Gasteiger charge is -2.16. The molecule has 0 bridgehead atoms. The van der Waals surface area contributed by atoms with Crippen molar-refractivity contribution in [3.8, 4) is 5.75 Å². The predicted octanol–water partition coefficient (Wildman–Crippen LogP) is 2.50. The van der Waals surface area contributed by atoms with E-state index in [2.05, 4.69) is 16.2 Å². The molecule has 0 saturated heterocycles. The maximum atomic E-state index is 12.0. The van der Waals surface area contributed by atoms with Gasteiger partial charge in [-0.25, -0.2) is 0 Å². The van der Waals surface area contributed by atoms with Crippen LogP contribution in [0.4, 0.5) is 11.4 Å². The fourth-order valence-electron chi connectivity index (χ4n) is 1.95. The number of benzene rings is 1. The number of amides is 1. The van der Waals surface area contributed by atoms with Gasteiger partial charge in [0.25, 0.3) is 5.69 Å². The minimum atomic E-state index is -1.09. The van der Waals surface area contributed by atoms with E-state index in [0.29, 0.717) is 12.1 Å². The summed E-state index contributed by atoms with van der Waals surface area (Å²) in [4.78, 5) is 22.2. The van der Waals surface area contributed by atoms with Crippen molar-refractivity contribution >= 4 is 57.8 Å². The van der Waals surface area contributed by atoms with Gasteiger partial charge in [-0.05, 0) is 31.6 Å². The second-order valence-corrected chi connectivity index (χ2v) is 7.28. The molecule has 24 heavy (non-hydrogen) atoms. The van der Waals surface area contributed by atoms with Gasteiger partial charge in [0.15, 0.2) is 5.11 Å². The number of halogens is 2. The number of nitro benzene ring substituents is 1. The number of alkyl halides is 2. The molecule has 0 aromatic heterocycles. The summed E-state index contributed by atoms with van der Waals surface area (Å²) in [6.45, 7) is 1.64. The minimum Gasteiger partial charge on any atom is -0.494 e. The number of nitro groups is 1. The molecule has 11 heteroatoms. The SMILES string of the molecule is COc1cc([N+](=O)[O-])ccc1NC(=S)NNC(=O)C1(C)CC1(Cl)Cl. The third-order valence-electron chi connectivity index (χ3n) is 3.69. The maximum Gasteiger partial charge on any atom is 0.273 e. The van der Waals surface area contributed by atoms with Gasteiger partial charge >= 0.3 is 0 Å². The quantitative estimate of drug-likeness (QED) is 0.312. The van der Waals surface area contributed by atoms with Crippen molar-refractivity contribution < 1.29 is 14.5 Å². The van der Waals surface area contributed by atoms with Crippen molar-refractivity contribution in [3.05, 3.63) is 28.3 Å². The van der Waals surface area contributed by atoms with Crippen molar-refractivity contribution in [2.45, 2.75) is 17.7 Å². The van der Waals surface area contributed by atoms with Crippen molar-refractivity contribution in [3.63, 3.8) is 0 Å². The molecule has 1 fully saturated rings. The summed E-state index contributed by atoms with van der Waals surface area (Å²) in [7, 11) is 1.37. The molecule has 1 aromatic rings. The first-order valence-electron chi connectivity index (χ1n) is 6.68. The highest BCUT2D eigenvalue weighted by molar-refractivity contribution is 7.80. The average molecular weight is 393 g/mol. The van der Waals surface area contributed by atoms with Crippen LogP contribution in [0, 0.1) is 15.5 Å². The molecular weight excluding hydrogens is 379 g/mol. The van der Waals surface area contributed by atoms with Crippen LogP contribution in [-0.4, -0.2) is 27.4 Å². The second-order valence-electron chi connectivity index (χ2n) is 5.39. The van der Waals surface area contributed by atoms with Gasteiger partial charge in [0.2, 0.25) is 5.91 Å². The number of nitrogens with zero attached hydrogens (tertiary/aromatic N) is 1. The van der Waals surface area contributed by atoms with Crippen LogP contribution in [0.3, 0.4) is 0 Å². The summed E-state index contributed by atoms with van der Waals surface area (Å²) >= 11 is 16.9. The van der Waals surface area contributed by atoms with Crippen LogP contribution in [0.1, 0.15) is 13.3 Å². The van der Waals surface area contributed by atoms with Crippen molar-refractivity contribution in [1.82, 2.24) is 10.9 Å². The molecule has 0 heterocycles. The fourth-order valence-corrected chi connectivity index (χ4v) is 2.82. The van der Waals surface area contributed by atoms with Gasteiger partial charge in [-0.3, -0.25) is 25.8 Å². The summed E-state index contributed by atoms with van der Waals surface area (Å²) in [5, 5.41) is 13.6. The Morgan fingerprint density at radius 2 is 2.04 bits per heavy atom. The molecule has 1 aliphatic carbocycles. The van der Waals surface area contributed by atoms with E-state index in [1.807, 2.05) is 0 Å². The van der Waals surface area contributed by atoms with E-state index in [1.165, 1.54) is 25.3 Å². The van der Waals surface area contributed by atoms with Crippen LogP contribution in [0.25, 0.3) is 0 Å². The number of carbonyl (C=O) groups is 1. The Labute approximate surface area is 152 Å². The zero-order valence-corrected chi connectivity index (χ0v) is 15.0. The van der Waals surface area contributed by atoms with Crippen LogP contribution in [0.15, 0.2) is 18.2 Å². The van der Waals surface area contributed by atoms with E-state index in [-0.39, 0.29) is 16.5 Å². The number of non-ortho nitro benzene ring substituents is 1. The molecule has 2 rings (SSSR count). The summed E-state index contributed by atoms with van der Waals surface area (Å²) in [5.41, 5.74) is 4.33. The van der Waals surface area contributed by atoms with Crippen molar-refractivity contribution in [2.24, 2.45) is 5.41 Å². The molecular formula is C13H14Cl2N4O4S. The van der Waals surface area contributed by atoms with Crippen LogP contribution < -0.4 is 20.9 Å². The first-order valence-corrected chi connectivity index (χ1v) is 7.85. The number of nitrogens with one attached hydrogen (secondary N) is 3. The van der Waals surface area contributed by atoms with Crippen LogP contribution in [0.5, 0.6) is 5.75 Å². The fraction of sp³-hybridized carbons (Fsp3) is 0.385. The molecule has 3 N–H and O–H groups in total. The Bertz CT molecular complexity index is 715. The molecule has 0 spiro atoms. The highest BCUT2D eigenvalue weighted by atomic mass is 35.5. The normalized spacial score (nSPS) is 20.7. The zero-order valence-electron chi connectivity index (χ0n) is 12.7. The summed E-state index contributed by atoms with van der Waals surface area (Å²) < 4.78 is 3.99. The molecule has 1 atom stereocenters. The summed E-state index contributed by atoms with van der Waals surface area (Å²) in [6.07, 6.45) is 0.340. The Hall–Kier alpha value is -1.84. The van der Waals surface area contributed by atoms with E-state index in [9.17, 15) is 14.9 Å². The molecule has 130 valence electrons. The average Bonchev–Trinajstić information content (AvgIpc) is 3.04. The molecule has 1 amide bonds. The summed E-state index contributed by atoms with van der Waals surface area (Å²) in [6, 6.07) is 3.99. The third-order valence-corrected chi connectivity index (χ3v) is 5.00. The van der Waals surface area contributed by atoms with Crippen LogP contribution in [-0.2, 0) is 4.79 Å². The van der Waals surface area contributed by atoms with Gasteiger partial charge in [0.05, 0.1) is 29.2 Å². The number of anilines is 1. The number of rotatable bonds is 4. The zero-order chi connectivity index (χ0) is 18.1. The minimum absolute atomic E-state index is 0.0643. The van der Waals surface area contributed by atoms with Gasteiger partial charge in [-0.2, -0.15) is 0 Å². The number of ether oxygens (including phenoxy) is 1. The second kappa shape index (κ2) is 6.58. The highest BCUT2D eigenvalue weighted by Gasteiger charge is 2.68. The lowest BCUT2D eigenvalue weighted by atomic mass is 10.1. The Balaban J connectivity index is 1.95.